The van der Waals surface area contributed by atoms with Crippen LogP contribution in [0.2, 0.25) is 0 Å². The highest BCUT2D eigenvalue weighted by Gasteiger charge is 2.12. The van der Waals surface area contributed by atoms with Gasteiger partial charge in [-0.25, -0.2) is 4.98 Å². The number of nitrogens with two attached hydrogens (primary N) is 1. The SMILES string of the molecule is CC(C)(C)CCC(=O)Nc1ccc(N)nc1.Cl. The number of nitrogens with zero attached hydrogens (tertiary/aromatic N) is 1. The molecular formula is C12H20ClN3O. The van der Waals surface area contributed by atoms with Gasteiger partial charge in [0.05, 0.1) is 11.9 Å². The van der Waals surface area contributed by atoms with Gasteiger partial charge in [-0.2, -0.15) is 0 Å². The van der Waals surface area contributed by atoms with E-state index in [4.69, 9.17) is 5.73 Å². The minimum atomic E-state index is 0. The van der Waals surface area contributed by atoms with Crippen LogP contribution in [0.15, 0.2) is 18.3 Å². The Morgan fingerprint density at radius 3 is 2.53 bits per heavy atom. The van der Waals surface area contributed by atoms with Crippen LogP contribution in [0.3, 0.4) is 0 Å². The second-order valence-electron chi connectivity index (χ2n) is 5.08. The van der Waals surface area contributed by atoms with Crippen LogP contribution in [0.1, 0.15) is 33.6 Å². The first kappa shape index (κ1) is 15.7. The third kappa shape index (κ3) is 6.79. The van der Waals surface area contributed by atoms with Crippen molar-refractivity contribution in [1.82, 2.24) is 4.98 Å². The zero-order valence-corrected chi connectivity index (χ0v) is 11.3. The van der Waals surface area contributed by atoms with Crippen LogP contribution >= 0.6 is 12.4 Å². The van der Waals surface area contributed by atoms with E-state index in [9.17, 15) is 4.79 Å². The molecule has 0 unspecified atom stereocenters. The molecule has 1 aromatic rings. The van der Waals surface area contributed by atoms with Gasteiger partial charge in [-0.1, -0.05) is 20.8 Å². The summed E-state index contributed by atoms with van der Waals surface area (Å²) in [5, 5.41) is 2.78. The lowest BCUT2D eigenvalue weighted by Gasteiger charge is -2.17. The van der Waals surface area contributed by atoms with E-state index in [0.29, 0.717) is 17.9 Å². The van der Waals surface area contributed by atoms with Crippen LogP contribution in [0, 0.1) is 5.41 Å². The lowest BCUT2D eigenvalue weighted by atomic mass is 9.90. The number of amides is 1. The summed E-state index contributed by atoms with van der Waals surface area (Å²) < 4.78 is 0. The second kappa shape index (κ2) is 6.45. The highest BCUT2D eigenvalue weighted by Crippen LogP contribution is 2.20. The average molecular weight is 258 g/mol. The van der Waals surface area contributed by atoms with E-state index in [1.165, 1.54) is 0 Å². The van der Waals surface area contributed by atoms with Gasteiger partial charge in [0.15, 0.2) is 0 Å². The number of hydrogen-bond donors (Lipinski definition) is 2. The van der Waals surface area contributed by atoms with E-state index in [1.54, 1.807) is 18.3 Å². The van der Waals surface area contributed by atoms with Crippen molar-refractivity contribution in [3.8, 4) is 0 Å². The summed E-state index contributed by atoms with van der Waals surface area (Å²) >= 11 is 0. The molecule has 0 atom stereocenters. The summed E-state index contributed by atoms with van der Waals surface area (Å²) in [4.78, 5) is 15.5. The molecule has 0 aliphatic carbocycles. The van der Waals surface area contributed by atoms with Crippen molar-refractivity contribution < 1.29 is 4.79 Å². The molecule has 5 heteroatoms. The predicted octanol–water partition coefficient (Wildman–Crippen LogP) is 2.85. The van der Waals surface area contributed by atoms with Crippen LogP contribution < -0.4 is 11.1 Å². The van der Waals surface area contributed by atoms with Gasteiger partial charge in [0.25, 0.3) is 0 Å². The summed E-state index contributed by atoms with van der Waals surface area (Å²) in [5.41, 5.74) is 6.31. The largest absolute Gasteiger partial charge is 0.384 e. The topological polar surface area (TPSA) is 68.0 Å². The molecule has 1 rings (SSSR count). The van der Waals surface area contributed by atoms with Crippen molar-refractivity contribution in [2.24, 2.45) is 5.41 Å². The van der Waals surface area contributed by atoms with Gasteiger partial charge >= 0.3 is 0 Å². The minimum Gasteiger partial charge on any atom is -0.384 e. The van der Waals surface area contributed by atoms with E-state index in [-0.39, 0.29) is 23.7 Å². The van der Waals surface area contributed by atoms with E-state index >= 15 is 0 Å². The Balaban J connectivity index is 0.00000256. The van der Waals surface area contributed by atoms with Gasteiger partial charge in [-0.15, -0.1) is 12.4 Å². The molecule has 1 amide bonds. The Hall–Kier alpha value is -1.29. The number of carbonyl (C=O) groups is 1. The second-order valence-corrected chi connectivity index (χ2v) is 5.08. The number of carbonyl (C=O) groups excluding carboxylic acids is 1. The minimum absolute atomic E-state index is 0. The molecule has 3 N–H and O–H groups in total. The molecular weight excluding hydrogens is 238 g/mol. The molecule has 0 aliphatic rings. The fourth-order valence-corrected chi connectivity index (χ4v) is 1.19. The van der Waals surface area contributed by atoms with Crippen molar-refractivity contribution in [2.45, 2.75) is 33.6 Å². The van der Waals surface area contributed by atoms with Gasteiger partial charge < -0.3 is 11.1 Å². The monoisotopic (exact) mass is 257 g/mol. The van der Waals surface area contributed by atoms with Gasteiger partial charge in [-0.05, 0) is 24.0 Å². The molecule has 0 bridgehead atoms. The highest BCUT2D eigenvalue weighted by atomic mass is 35.5. The average Bonchev–Trinajstić information content (AvgIpc) is 2.18. The standard InChI is InChI=1S/C12H19N3O.ClH/c1-12(2,3)7-6-11(16)15-9-4-5-10(13)14-8-9;/h4-5,8H,6-7H2,1-3H3,(H2,13,14)(H,15,16);1H. The van der Waals surface area contributed by atoms with Gasteiger partial charge in [-0.3, -0.25) is 4.79 Å². The number of aromatic nitrogens is 1. The van der Waals surface area contributed by atoms with E-state index in [0.717, 1.165) is 6.42 Å². The Morgan fingerprint density at radius 1 is 1.41 bits per heavy atom. The lowest BCUT2D eigenvalue weighted by Crippen LogP contribution is -2.15. The molecule has 0 spiro atoms. The zero-order valence-electron chi connectivity index (χ0n) is 10.5. The van der Waals surface area contributed by atoms with Crippen molar-refractivity contribution in [3.05, 3.63) is 18.3 Å². The number of pyridine rings is 1. The summed E-state index contributed by atoms with van der Waals surface area (Å²) in [6, 6.07) is 3.41. The number of anilines is 2. The van der Waals surface area contributed by atoms with E-state index < -0.39 is 0 Å². The van der Waals surface area contributed by atoms with Crippen LogP contribution in [0.4, 0.5) is 11.5 Å². The Labute approximate surface area is 108 Å². The maximum atomic E-state index is 11.6. The molecule has 0 fully saturated rings. The summed E-state index contributed by atoms with van der Waals surface area (Å²) in [5.74, 6) is 0.467. The molecule has 0 saturated carbocycles. The Bertz CT molecular complexity index is 357. The Kier molecular flexibility index (Phi) is 5.96. The molecule has 1 aromatic heterocycles. The maximum Gasteiger partial charge on any atom is 0.224 e. The molecule has 0 aromatic carbocycles. The normalized spacial score (nSPS) is 10.5. The fourth-order valence-electron chi connectivity index (χ4n) is 1.19. The fraction of sp³-hybridized carbons (Fsp3) is 0.500. The summed E-state index contributed by atoms with van der Waals surface area (Å²) in [7, 11) is 0. The third-order valence-corrected chi connectivity index (χ3v) is 2.17. The number of nitrogens with one attached hydrogen (secondary N) is 1. The maximum absolute atomic E-state index is 11.6. The number of nitrogen functional groups attached to an aromatic ring is 1. The molecule has 96 valence electrons. The first-order valence-electron chi connectivity index (χ1n) is 5.38. The number of hydrogen-bond acceptors (Lipinski definition) is 3. The van der Waals surface area contributed by atoms with Crippen LogP contribution in [-0.2, 0) is 4.79 Å². The van der Waals surface area contributed by atoms with Crippen LogP contribution in [0.25, 0.3) is 0 Å². The first-order valence-corrected chi connectivity index (χ1v) is 5.38. The quantitative estimate of drug-likeness (QED) is 0.875. The first-order chi connectivity index (χ1) is 7.37. The third-order valence-electron chi connectivity index (χ3n) is 2.17. The molecule has 17 heavy (non-hydrogen) atoms. The van der Waals surface area contributed by atoms with Crippen molar-refractivity contribution >= 4 is 29.8 Å². The van der Waals surface area contributed by atoms with E-state index in [2.05, 4.69) is 31.1 Å². The Morgan fingerprint density at radius 2 is 2.06 bits per heavy atom. The molecule has 0 aliphatic heterocycles. The highest BCUT2D eigenvalue weighted by molar-refractivity contribution is 5.90. The van der Waals surface area contributed by atoms with Crippen LogP contribution in [-0.4, -0.2) is 10.9 Å². The number of halogens is 1. The van der Waals surface area contributed by atoms with Crippen molar-refractivity contribution in [3.63, 3.8) is 0 Å². The van der Waals surface area contributed by atoms with Gasteiger partial charge in [0, 0.05) is 6.42 Å². The molecule has 1 heterocycles. The van der Waals surface area contributed by atoms with Crippen LogP contribution in [0.5, 0.6) is 0 Å². The van der Waals surface area contributed by atoms with E-state index in [1.807, 2.05) is 0 Å². The van der Waals surface area contributed by atoms with Gasteiger partial charge in [0.1, 0.15) is 5.82 Å². The lowest BCUT2D eigenvalue weighted by molar-refractivity contribution is -0.116. The van der Waals surface area contributed by atoms with Crippen molar-refractivity contribution in [2.75, 3.05) is 11.1 Å². The summed E-state index contributed by atoms with van der Waals surface area (Å²) in [6.07, 6.45) is 2.94. The number of rotatable bonds is 3. The zero-order chi connectivity index (χ0) is 12.2. The molecule has 4 nitrogen and oxygen atoms in total. The molecule has 0 saturated heterocycles. The van der Waals surface area contributed by atoms with Gasteiger partial charge in [0.2, 0.25) is 5.91 Å². The smallest absolute Gasteiger partial charge is 0.224 e. The van der Waals surface area contributed by atoms with Crippen molar-refractivity contribution in [1.29, 1.82) is 0 Å². The molecule has 0 radical (unpaired) electrons. The predicted molar refractivity (Wildman–Crippen MR) is 73.2 cm³/mol. The summed E-state index contributed by atoms with van der Waals surface area (Å²) in [6.45, 7) is 6.35.